The van der Waals surface area contributed by atoms with Gasteiger partial charge in [-0.1, -0.05) is 206 Å². The zero-order valence-corrected chi connectivity index (χ0v) is 50.9. The van der Waals surface area contributed by atoms with Crippen LogP contribution in [0.5, 0.6) is 0 Å². The maximum absolute atomic E-state index is 11.3. The normalized spacial score (nSPS) is 10.3. The third-order valence-electron chi connectivity index (χ3n) is 14.8. The van der Waals surface area contributed by atoms with E-state index in [9.17, 15) is 39.6 Å². The van der Waals surface area contributed by atoms with Crippen molar-refractivity contribution in [1.29, 1.82) is 0 Å². The molecule has 0 saturated carbocycles. The zero-order chi connectivity index (χ0) is 62.3. The molecule has 16 heteroatoms. The van der Waals surface area contributed by atoms with Crippen molar-refractivity contribution in [2.45, 2.75) is 0 Å². The second-order valence-electron chi connectivity index (χ2n) is 20.3. The number of hydrogen-bond donors (Lipinski definition) is 2. The van der Waals surface area contributed by atoms with Crippen LogP contribution in [0.25, 0.3) is 109 Å². The van der Waals surface area contributed by atoms with Crippen LogP contribution in [-0.4, -0.2) is 54.2 Å². The Morgan fingerprint density at radius 2 is 0.446 bits per heavy atom. The predicted octanol–water partition coefficient (Wildman–Crippen LogP) is 12.4. The Labute approximate surface area is 547 Å². The Morgan fingerprint density at radius 1 is 0.250 bits per heavy atom. The molecular weight excluding hydrogens is 1230 g/mol. The van der Waals surface area contributed by atoms with Gasteiger partial charge >= 0.3 is 34.1 Å². The Balaban J connectivity index is 0.000000131. The van der Waals surface area contributed by atoms with Crippen LogP contribution in [0.15, 0.2) is 292 Å². The summed E-state index contributed by atoms with van der Waals surface area (Å²) in [6.07, 6.45) is 7.07. The molecule has 2 N–H and O–H groups in total. The molecular formula is C76H50Mn2N6O8. The molecule has 92 heavy (non-hydrogen) atoms. The molecule has 0 amide bonds. The number of nitrogens with zero attached hydrogens (tertiary/aromatic N) is 4. The minimum Gasteiger partial charge on any atom is -0.545 e. The van der Waals surface area contributed by atoms with E-state index in [0.29, 0.717) is 0 Å². The summed E-state index contributed by atoms with van der Waals surface area (Å²) >= 11 is 0. The van der Waals surface area contributed by atoms with Gasteiger partial charge in [0.2, 0.25) is 0 Å². The molecule has 0 aliphatic heterocycles. The van der Waals surface area contributed by atoms with Crippen LogP contribution in [0.2, 0.25) is 0 Å². The summed E-state index contributed by atoms with van der Waals surface area (Å²) < 4.78 is 0. The van der Waals surface area contributed by atoms with Gasteiger partial charge < -0.3 is 39.6 Å². The summed E-state index contributed by atoms with van der Waals surface area (Å²) in [4.78, 5) is 53.5. The Hall–Kier alpha value is -11.6. The molecule has 446 valence electrons. The Morgan fingerprint density at radius 3 is 0.609 bits per heavy atom. The minimum absolute atomic E-state index is 0. The van der Waals surface area contributed by atoms with E-state index in [1.807, 2.05) is 267 Å². The fraction of sp³-hybridized carbons (Fsp3) is 0. The largest absolute Gasteiger partial charge is 2.00 e. The van der Waals surface area contributed by atoms with Gasteiger partial charge in [0.1, 0.15) is 11.4 Å². The van der Waals surface area contributed by atoms with Crippen molar-refractivity contribution in [3.05, 3.63) is 314 Å². The second kappa shape index (κ2) is 30.5. The molecule has 2 radical (unpaired) electrons. The number of carboxylic acids is 4. The third-order valence-corrected chi connectivity index (χ3v) is 14.8. The molecule has 14 nitrogen and oxygen atoms in total. The van der Waals surface area contributed by atoms with Gasteiger partial charge in [0, 0.05) is 47.0 Å². The number of aromatic nitrogens is 6. The van der Waals surface area contributed by atoms with Gasteiger partial charge in [0.25, 0.3) is 0 Å². The van der Waals surface area contributed by atoms with Crippen LogP contribution in [0.3, 0.4) is 0 Å². The molecule has 4 heterocycles. The Kier molecular flexibility index (Phi) is 21.5. The smallest absolute Gasteiger partial charge is 0.545 e. The molecule has 12 aromatic carbocycles. The number of hydrogen-bond acceptors (Lipinski definition) is 12. The topological polar surface area (TPSA) is 244 Å². The summed E-state index contributed by atoms with van der Waals surface area (Å²) in [5, 5.41) is 71.9. The first-order valence-electron chi connectivity index (χ1n) is 28.3. The quantitative estimate of drug-likeness (QED) is 0.117. The van der Waals surface area contributed by atoms with E-state index in [1.54, 1.807) is 24.8 Å². The summed E-state index contributed by atoms with van der Waals surface area (Å²) in [6.45, 7) is 0. The van der Waals surface area contributed by atoms with Gasteiger partial charge in [0.15, 0.2) is 0 Å². The van der Waals surface area contributed by atoms with E-state index in [4.69, 9.17) is 0 Å². The standard InChI is InChI=1S/4C15H10O2.2C8H7N3.2Mn/c4*16-15(17)14-12-7-3-1-5-10(12)9-11-6-2-4-8-13(11)14;2*1-2-5-9-7(3-1)8-4-6-10-11-8;;/h4*1-9H,(H,16,17);2*1-6H,(H,10,11);;/q;;;;;;2*+2/p-4. The number of carbonyl (C=O) groups excluding carboxylic acids is 4. The molecule has 0 aliphatic carbocycles. The third kappa shape index (κ3) is 14.7. The molecule has 16 rings (SSSR count). The summed E-state index contributed by atoms with van der Waals surface area (Å²) in [7, 11) is 0. The molecule has 4 aromatic heterocycles. The maximum Gasteiger partial charge on any atom is 2.00 e. The van der Waals surface area contributed by atoms with Crippen molar-refractivity contribution >= 4 is 110 Å². The summed E-state index contributed by atoms with van der Waals surface area (Å²) in [5.41, 5.74) is 4.66. The number of pyridine rings is 2. The van der Waals surface area contributed by atoms with Gasteiger partial charge in [-0.15, -0.1) is 0 Å². The molecule has 0 spiro atoms. The van der Waals surface area contributed by atoms with Crippen molar-refractivity contribution in [3.8, 4) is 22.8 Å². The first kappa shape index (κ1) is 64.8. The van der Waals surface area contributed by atoms with Crippen LogP contribution < -0.4 is 20.4 Å². The summed E-state index contributed by atoms with van der Waals surface area (Å²) in [5.74, 6) is -4.51. The second-order valence-corrected chi connectivity index (χ2v) is 20.3. The number of benzene rings is 12. The van der Waals surface area contributed by atoms with Crippen LogP contribution in [0.4, 0.5) is 0 Å². The van der Waals surface area contributed by atoms with Gasteiger partial charge in [-0.25, -0.2) is 0 Å². The monoisotopic (exact) mass is 1280 g/mol. The first-order valence-corrected chi connectivity index (χ1v) is 28.3. The first-order chi connectivity index (χ1) is 44.0. The van der Waals surface area contributed by atoms with Crippen LogP contribution in [0.1, 0.15) is 41.4 Å². The van der Waals surface area contributed by atoms with Crippen LogP contribution >= 0.6 is 0 Å². The van der Waals surface area contributed by atoms with Crippen molar-refractivity contribution < 1.29 is 73.7 Å². The number of carboxylic acid groups (broad SMARTS) is 4. The molecule has 0 aliphatic rings. The minimum atomic E-state index is -1.13. The molecule has 0 atom stereocenters. The molecule has 16 aromatic rings. The van der Waals surface area contributed by atoms with Gasteiger partial charge in [0.05, 0.1) is 35.3 Å². The average molecular weight is 1290 g/mol. The Bertz CT molecular complexity index is 4430. The molecule has 0 unspecified atom stereocenters. The van der Waals surface area contributed by atoms with Gasteiger partial charge in [-0.05, 0) is 147 Å². The number of carbonyl (C=O) groups is 4. The maximum atomic E-state index is 11.3. The number of aromatic carboxylic acids is 4. The van der Waals surface area contributed by atoms with Gasteiger partial charge in [-0.3, -0.25) is 20.2 Å². The molecule has 0 saturated heterocycles. The summed E-state index contributed by atoms with van der Waals surface area (Å²) in [6, 6.07) is 83.0. The van der Waals surface area contributed by atoms with Gasteiger partial charge in [-0.2, -0.15) is 10.2 Å². The van der Waals surface area contributed by atoms with E-state index in [-0.39, 0.29) is 56.4 Å². The van der Waals surface area contributed by atoms with Crippen molar-refractivity contribution in [1.82, 2.24) is 30.4 Å². The number of rotatable bonds is 6. The van der Waals surface area contributed by atoms with Crippen LogP contribution in [0, 0.1) is 0 Å². The number of H-pyrrole nitrogens is 2. The fourth-order valence-corrected chi connectivity index (χ4v) is 10.8. The molecule has 0 fully saturated rings. The average Bonchev–Trinajstić information content (AvgIpc) is 0.958. The van der Waals surface area contributed by atoms with E-state index >= 15 is 0 Å². The van der Waals surface area contributed by atoms with E-state index in [1.165, 1.54) is 0 Å². The fourth-order valence-electron chi connectivity index (χ4n) is 10.8. The molecule has 0 bridgehead atoms. The number of fused-ring (bicyclic) bond motifs is 8. The number of nitrogens with one attached hydrogen (secondary N) is 2. The number of aromatic amines is 2. The van der Waals surface area contributed by atoms with Crippen LogP contribution in [-0.2, 0) is 34.1 Å². The SMILES string of the molecule is O=C([O-])c1c2ccccc2cc2ccccc12.O=C([O-])c1c2ccccc2cc2ccccc12.O=C([O-])c1c2ccccc2cc2ccccc12.O=C([O-])c1c2ccccc2cc2ccccc12.[Mn+2].[Mn+2].c1ccc(-c2cc[nH]n2)nc1.c1ccc(-c2cc[nH]n2)nc1. The predicted molar refractivity (Wildman–Crippen MR) is 347 cm³/mol. The van der Waals surface area contributed by atoms with Crippen molar-refractivity contribution in [2.24, 2.45) is 0 Å². The zero-order valence-electron chi connectivity index (χ0n) is 48.5. The van der Waals surface area contributed by atoms with E-state index in [2.05, 4.69) is 30.4 Å². The van der Waals surface area contributed by atoms with Crippen molar-refractivity contribution in [3.63, 3.8) is 0 Å². The van der Waals surface area contributed by atoms with Crippen molar-refractivity contribution in [2.75, 3.05) is 0 Å². The van der Waals surface area contributed by atoms with E-state index < -0.39 is 23.9 Å². The van der Waals surface area contributed by atoms with E-state index in [0.717, 1.165) is 109 Å².